The van der Waals surface area contributed by atoms with Crippen LogP contribution < -0.4 is 0 Å². The summed E-state index contributed by atoms with van der Waals surface area (Å²) in [5.74, 6) is 0. The number of aryl methyl sites for hydroxylation is 2. The van der Waals surface area contributed by atoms with Crippen molar-refractivity contribution in [1.29, 1.82) is 0 Å². The zero-order valence-corrected chi connectivity index (χ0v) is 14.0. The molecule has 3 heteroatoms. The first-order valence-electron chi connectivity index (χ1n) is 6.12. The Balaban J connectivity index is 2.22. The second kappa shape index (κ2) is 6.30. The Morgan fingerprint density at radius 1 is 1.00 bits per heavy atom. The third-order valence-corrected chi connectivity index (χ3v) is 4.69. The molecule has 0 spiro atoms. The fourth-order valence-corrected chi connectivity index (χ4v) is 3.29. The summed E-state index contributed by atoms with van der Waals surface area (Å²) >= 11 is 15.8. The molecule has 0 aliphatic heterocycles. The Labute approximate surface area is 132 Å². The molecule has 0 fully saturated rings. The Morgan fingerprint density at radius 2 is 1.63 bits per heavy atom. The predicted octanol–water partition coefficient (Wildman–Crippen LogP) is 6.29. The number of hydrogen-bond donors (Lipinski definition) is 0. The van der Waals surface area contributed by atoms with Crippen LogP contribution in [0.5, 0.6) is 0 Å². The van der Waals surface area contributed by atoms with Crippen LogP contribution in [0.1, 0.15) is 27.1 Å². The van der Waals surface area contributed by atoms with Crippen LogP contribution in [0.25, 0.3) is 0 Å². The largest absolute Gasteiger partial charge is 0.0843 e. The minimum absolute atomic E-state index is 0.282. The summed E-state index contributed by atoms with van der Waals surface area (Å²) in [5.41, 5.74) is 4.88. The molecule has 0 heterocycles. The molecule has 0 saturated carbocycles. The van der Waals surface area contributed by atoms with Gasteiger partial charge < -0.3 is 0 Å². The van der Waals surface area contributed by atoms with Crippen LogP contribution in [0.2, 0.25) is 10.0 Å². The number of benzene rings is 2. The summed E-state index contributed by atoms with van der Waals surface area (Å²) in [6, 6.07) is 12.2. The van der Waals surface area contributed by atoms with Crippen LogP contribution in [0, 0.1) is 13.8 Å². The fraction of sp³-hybridized carbons (Fsp3) is 0.250. The monoisotopic (exact) mass is 356 g/mol. The lowest BCUT2D eigenvalue weighted by Crippen LogP contribution is -1.99. The van der Waals surface area contributed by atoms with Crippen molar-refractivity contribution >= 4 is 39.1 Å². The van der Waals surface area contributed by atoms with Gasteiger partial charge in [0.2, 0.25) is 0 Å². The summed E-state index contributed by atoms with van der Waals surface area (Å²) in [6.45, 7) is 4.13. The molecule has 0 nitrogen and oxygen atoms in total. The first kappa shape index (κ1) is 14.9. The van der Waals surface area contributed by atoms with Gasteiger partial charge in [0.25, 0.3) is 0 Å². The lowest BCUT2D eigenvalue weighted by molar-refractivity contribution is 0.936. The van der Waals surface area contributed by atoms with E-state index in [0.717, 1.165) is 22.0 Å². The van der Waals surface area contributed by atoms with Crippen LogP contribution in [0.3, 0.4) is 0 Å². The van der Waals surface area contributed by atoms with Gasteiger partial charge in [-0.1, -0.05) is 57.3 Å². The minimum atomic E-state index is 0.282. The van der Waals surface area contributed by atoms with Gasteiger partial charge >= 0.3 is 0 Å². The Kier molecular flexibility index (Phi) is 4.94. The molecular weight excluding hydrogens is 343 g/mol. The number of halogens is 3. The molecule has 0 bridgehead atoms. The molecule has 0 saturated heterocycles. The molecule has 19 heavy (non-hydrogen) atoms. The molecular formula is C16H15BrCl2. The molecule has 2 aromatic carbocycles. The second-order valence-electron chi connectivity index (χ2n) is 4.76. The van der Waals surface area contributed by atoms with Crippen molar-refractivity contribution in [3.8, 4) is 0 Å². The highest BCUT2D eigenvalue weighted by atomic mass is 79.9. The zero-order chi connectivity index (χ0) is 14.0. The van der Waals surface area contributed by atoms with Gasteiger partial charge in [-0.25, -0.2) is 0 Å². The molecule has 0 N–H and O–H groups in total. The maximum Gasteiger partial charge on any atom is 0.0438 e. The summed E-state index contributed by atoms with van der Waals surface area (Å²) in [6.07, 6.45) is 0.930. The topological polar surface area (TPSA) is 0 Å². The van der Waals surface area contributed by atoms with Crippen LogP contribution in [0.15, 0.2) is 36.4 Å². The number of rotatable bonds is 3. The van der Waals surface area contributed by atoms with E-state index >= 15 is 0 Å². The number of alkyl halides is 1. The van der Waals surface area contributed by atoms with Gasteiger partial charge in [0.05, 0.1) is 0 Å². The van der Waals surface area contributed by atoms with Crippen molar-refractivity contribution in [2.45, 2.75) is 25.1 Å². The molecule has 0 amide bonds. The van der Waals surface area contributed by atoms with E-state index in [1.165, 1.54) is 16.7 Å². The maximum atomic E-state index is 6.14. The zero-order valence-electron chi connectivity index (χ0n) is 10.9. The maximum absolute atomic E-state index is 6.14. The molecule has 2 aromatic rings. The standard InChI is InChI=1S/C16H15BrCl2/c1-10-8-16(19)11(2)7-14(10)15(17)9-12-3-5-13(18)6-4-12/h3-8,15H,9H2,1-2H3. The summed E-state index contributed by atoms with van der Waals surface area (Å²) < 4.78 is 0. The lowest BCUT2D eigenvalue weighted by atomic mass is 9.98. The third kappa shape index (κ3) is 3.75. The quantitative estimate of drug-likeness (QED) is 0.566. The van der Waals surface area contributed by atoms with Crippen LogP contribution in [-0.4, -0.2) is 0 Å². The van der Waals surface area contributed by atoms with Crippen molar-refractivity contribution in [2.75, 3.05) is 0 Å². The van der Waals surface area contributed by atoms with Crippen molar-refractivity contribution in [2.24, 2.45) is 0 Å². The van der Waals surface area contributed by atoms with E-state index in [0.29, 0.717) is 0 Å². The SMILES string of the molecule is Cc1cc(C(Br)Cc2ccc(Cl)cc2)c(C)cc1Cl. The summed E-state index contributed by atoms with van der Waals surface area (Å²) in [5, 5.41) is 1.60. The molecule has 0 aliphatic rings. The molecule has 1 unspecified atom stereocenters. The first-order chi connectivity index (χ1) is 8.97. The highest BCUT2D eigenvalue weighted by Crippen LogP contribution is 2.32. The van der Waals surface area contributed by atoms with Crippen molar-refractivity contribution in [3.05, 3.63) is 68.7 Å². The summed E-state index contributed by atoms with van der Waals surface area (Å²) in [4.78, 5) is 0.282. The van der Waals surface area contributed by atoms with E-state index in [1.54, 1.807) is 0 Å². The van der Waals surface area contributed by atoms with Gasteiger partial charge in [0.15, 0.2) is 0 Å². The van der Waals surface area contributed by atoms with E-state index in [1.807, 2.05) is 25.1 Å². The van der Waals surface area contributed by atoms with Gasteiger partial charge in [-0.05, 0) is 60.7 Å². The highest BCUT2D eigenvalue weighted by Gasteiger charge is 2.13. The van der Waals surface area contributed by atoms with E-state index in [2.05, 4.69) is 41.1 Å². The van der Waals surface area contributed by atoms with Gasteiger partial charge in [-0.15, -0.1) is 0 Å². The van der Waals surface area contributed by atoms with Crippen molar-refractivity contribution in [1.82, 2.24) is 0 Å². The van der Waals surface area contributed by atoms with E-state index in [9.17, 15) is 0 Å². The number of hydrogen-bond acceptors (Lipinski definition) is 0. The lowest BCUT2D eigenvalue weighted by Gasteiger charge is -2.15. The third-order valence-electron chi connectivity index (χ3n) is 3.21. The van der Waals surface area contributed by atoms with Crippen LogP contribution >= 0.6 is 39.1 Å². The second-order valence-corrected chi connectivity index (χ2v) is 6.71. The van der Waals surface area contributed by atoms with Crippen molar-refractivity contribution in [3.63, 3.8) is 0 Å². The molecule has 0 radical (unpaired) electrons. The Morgan fingerprint density at radius 3 is 2.26 bits per heavy atom. The van der Waals surface area contributed by atoms with Gasteiger partial charge in [0.1, 0.15) is 0 Å². The highest BCUT2D eigenvalue weighted by molar-refractivity contribution is 9.09. The van der Waals surface area contributed by atoms with Gasteiger partial charge in [-0.2, -0.15) is 0 Å². The Hall–Kier alpha value is -0.500. The van der Waals surface area contributed by atoms with Crippen LogP contribution in [-0.2, 0) is 6.42 Å². The molecule has 1 atom stereocenters. The minimum Gasteiger partial charge on any atom is -0.0843 e. The normalized spacial score (nSPS) is 12.5. The molecule has 0 aliphatic carbocycles. The Bertz CT molecular complexity index is 576. The van der Waals surface area contributed by atoms with Crippen LogP contribution in [0.4, 0.5) is 0 Å². The molecule has 100 valence electrons. The van der Waals surface area contributed by atoms with E-state index in [4.69, 9.17) is 23.2 Å². The van der Waals surface area contributed by atoms with Crippen molar-refractivity contribution < 1.29 is 0 Å². The molecule has 0 aromatic heterocycles. The average molecular weight is 358 g/mol. The smallest absolute Gasteiger partial charge is 0.0438 e. The van der Waals surface area contributed by atoms with E-state index in [-0.39, 0.29) is 4.83 Å². The first-order valence-corrected chi connectivity index (χ1v) is 7.79. The fourth-order valence-electron chi connectivity index (χ4n) is 2.08. The van der Waals surface area contributed by atoms with E-state index < -0.39 is 0 Å². The van der Waals surface area contributed by atoms with Gasteiger partial charge in [0, 0.05) is 14.9 Å². The average Bonchev–Trinajstić information content (AvgIpc) is 2.36. The predicted molar refractivity (Wildman–Crippen MR) is 87.8 cm³/mol. The van der Waals surface area contributed by atoms with Gasteiger partial charge in [-0.3, -0.25) is 0 Å². The summed E-state index contributed by atoms with van der Waals surface area (Å²) in [7, 11) is 0. The molecule has 2 rings (SSSR count).